The fourth-order valence-electron chi connectivity index (χ4n) is 0.903. The summed E-state index contributed by atoms with van der Waals surface area (Å²) in [4.78, 5) is 3.72. The topological polar surface area (TPSA) is 12.9 Å². The molecule has 4 heteroatoms. The van der Waals surface area contributed by atoms with Crippen LogP contribution >= 0.6 is 0 Å². The highest BCUT2D eigenvalue weighted by Crippen LogP contribution is 2.32. The minimum absolute atomic E-state index is 0.0677. The van der Waals surface area contributed by atoms with E-state index in [0.717, 1.165) is 12.5 Å². The van der Waals surface area contributed by atoms with E-state index in [1.165, 1.54) is 12.3 Å². The number of hydrogen-bond acceptors (Lipinski definition) is 1. The quantitative estimate of drug-likeness (QED) is 0.661. The first-order valence-electron chi connectivity index (χ1n) is 3.90. The Kier molecular flexibility index (Phi) is 2.59. The summed E-state index contributed by atoms with van der Waals surface area (Å²) in [6.07, 6.45) is -2.76. The number of halogens is 3. The molecule has 1 atom stereocenters. The second-order valence-corrected chi connectivity index (χ2v) is 3.02. The van der Waals surface area contributed by atoms with E-state index in [4.69, 9.17) is 0 Å². The Bertz CT molecular complexity index is 276. The summed E-state index contributed by atoms with van der Waals surface area (Å²) in [6.45, 7) is 2.90. The van der Waals surface area contributed by atoms with Gasteiger partial charge in [0.25, 0.3) is 0 Å². The third-order valence-electron chi connectivity index (χ3n) is 1.87. The molecule has 0 radical (unpaired) electrons. The van der Waals surface area contributed by atoms with Crippen molar-refractivity contribution in [3.8, 4) is 0 Å². The molecule has 1 aromatic heterocycles. The highest BCUT2D eigenvalue weighted by molar-refractivity contribution is 5.16. The lowest BCUT2D eigenvalue weighted by Gasteiger charge is -2.14. The van der Waals surface area contributed by atoms with E-state index in [0.29, 0.717) is 0 Å². The number of alkyl halides is 3. The minimum atomic E-state index is -4.21. The van der Waals surface area contributed by atoms with Gasteiger partial charge < -0.3 is 0 Å². The Labute approximate surface area is 74.6 Å². The van der Waals surface area contributed by atoms with Gasteiger partial charge in [0.05, 0.1) is 11.6 Å². The summed E-state index contributed by atoms with van der Waals surface area (Å²) in [6, 6.07) is 3.04. The van der Waals surface area contributed by atoms with Crippen LogP contribution < -0.4 is 0 Å². The van der Waals surface area contributed by atoms with Crippen LogP contribution in [0.3, 0.4) is 0 Å². The normalized spacial score (nSPS) is 14.2. The van der Waals surface area contributed by atoms with Gasteiger partial charge in [-0.25, -0.2) is 0 Å². The molecule has 1 rings (SSSR count). The molecule has 1 unspecified atom stereocenters. The molecule has 0 fully saturated rings. The molecule has 72 valence electrons. The molecular weight excluding hydrogens is 179 g/mol. The lowest BCUT2D eigenvalue weighted by Crippen LogP contribution is -2.18. The van der Waals surface area contributed by atoms with Crippen LogP contribution in [0, 0.1) is 6.92 Å². The second kappa shape index (κ2) is 3.36. The average Bonchev–Trinajstić information content (AvgIpc) is 2.03. The maximum absolute atomic E-state index is 12.2. The van der Waals surface area contributed by atoms with Crippen LogP contribution in [0.15, 0.2) is 18.3 Å². The van der Waals surface area contributed by atoms with Gasteiger partial charge in [-0.3, -0.25) is 4.98 Å². The zero-order chi connectivity index (χ0) is 10.1. The Morgan fingerprint density at radius 2 is 1.92 bits per heavy atom. The predicted molar refractivity (Wildman–Crippen MR) is 43.4 cm³/mol. The molecule has 0 bridgehead atoms. The van der Waals surface area contributed by atoms with Gasteiger partial charge in [0.1, 0.15) is 0 Å². The summed E-state index contributed by atoms with van der Waals surface area (Å²) >= 11 is 0. The molecule has 1 heterocycles. The van der Waals surface area contributed by atoms with E-state index in [-0.39, 0.29) is 5.69 Å². The Balaban J connectivity index is 2.90. The van der Waals surface area contributed by atoms with Crippen molar-refractivity contribution in [2.75, 3.05) is 0 Å². The van der Waals surface area contributed by atoms with Gasteiger partial charge in [-0.15, -0.1) is 0 Å². The molecule has 0 aliphatic rings. The largest absolute Gasteiger partial charge is 0.396 e. The molecule has 13 heavy (non-hydrogen) atoms. The number of aryl methyl sites for hydroxylation is 1. The molecule has 1 nitrogen and oxygen atoms in total. The first kappa shape index (κ1) is 10.0. The van der Waals surface area contributed by atoms with Crippen molar-refractivity contribution in [3.05, 3.63) is 29.6 Å². The van der Waals surface area contributed by atoms with Crippen molar-refractivity contribution in [2.45, 2.75) is 25.9 Å². The van der Waals surface area contributed by atoms with Crippen LogP contribution in [-0.4, -0.2) is 11.2 Å². The Morgan fingerprint density at radius 1 is 1.31 bits per heavy atom. The lowest BCUT2D eigenvalue weighted by molar-refractivity contribution is -0.147. The predicted octanol–water partition coefficient (Wildman–Crippen LogP) is 3.06. The van der Waals surface area contributed by atoms with Gasteiger partial charge in [-0.1, -0.05) is 6.07 Å². The SMILES string of the molecule is Cc1ccc(C(C)C(F)(F)F)nc1. The molecule has 0 saturated heterocycles. The van der Waals surface area contributed by atoms with Crippen molar-refractivity contribution in [1.29, 1.82) is 0 Å². The van der Waals surface area contributed by atoms with Gasteiger partial charge in [-0.2, -0.15) is 13.2 Å². The van der Waals surface area contributed by atoms with Gasteiger partial charge in [0.2, 0.25) is 0 Å². The van der Waals surface area contributed by atoms with Gasteiger partial charge in [0, 0.05) is 6.20 Å². The molecule has 0 aromatic carbocycles. The molecular formula is C9H10F3N. The van der Waals surface area contributed by atoms with Crippen molar-refractivity contribution >= 4 is 0 Å². The first-order valence-corrected chi connectivity index (χ1v) is 3.90. The molecule has 0 aliphatic heterocycles. The van der Waals surface area contributed by atoms with Crippen LogP contribution in [-0.2, 0) is 0 Å². The van der Waals surface area contributed by atoms with Crippen LogP contribution in [0.1, 0.15) is 24.1 Å². The molecule has 0 aliphatic carbocycles. The minimum Gasteiger partial charge on any atom is -0.260 e. The fourth-order valence-corrected chi connectivity index (χ4v) is 0.903. The molecule has 0 amide bonds. The molecule has 0 N–H and O–H groups in total. The van der Waals surface area contributed by atoms with Crippen LogP contribution in [0.2, 0.25) is 0 Å². The summed E-state index contributed by atoms with van der Waals surface area (Å²) in [7, 11) is 0. The number of nitrogens with zero attached hydrogens (tertiary/aromatic N) is 1. The Morgan fingerprint density at radius 3 is 2.31 bits per heavy atom. The third-order valence-corrected chi connectivity index (χ3v) is 1.87. The fraction of sp³-hybridized carbons (Fsp3) is 0.444. The summed E-state index contributed by atoms with van der Waals surface area (Å²) in [5.74, 6) is -1.49. The van der Waals surface area contributed by atoms with Crippen LogP contribution in [0.25, 0.3) is 0 Å². The molecule has 0 saturated carbocycles. The zero-order valence-corrected chi connectivity index (χ0v) is 7.39. The average molecular weight is 189 g/mol. The van der Waals surface area contributed by atoms with Crippen LogP contribution in [0.5, 0.6) is 0 Å². The maximum Gasteiger partial charge on any atom is 0.396 e. The van der Waals surface area contributed by atoms with Crippen molar-refractivity contribution in [3.63, 3.8) is 0 Å². The van der Waals surface area contributed by atoms with Gasteiger partial charge in [-0.05, 0) is 25.5 Å². The van der Waals surface area contributed by atoms with E-state index < -0.39 is 12.1 Å². The third kappa shape index (κ3) is 2.44. The van der Waals surface area contributed by atoms with Crippen LogP contribution in [0.4, 0.5) is 13.2 Å². The van der Waals surface area contributed by atoms with Crippen molar-refractivity contribution in [1.82, 2.24) is 4.98 Å². The van der Waals surface area contributed by atoms with Gasteiger partial charge >= 0.3 is 6.18 Å². The highest BCUT2D eigenvalue weighted by Gasteiger charge is 2.37. The summed E-state index contributed by atoms with van der Waals surface area (Å²) in [5.41, 5.74) is 0.927. The zero-order valence-electron chi connectivity index (χ0n) is 7.39. The van der Waals surface area contributed by atoms with Crippen molar-refractivity contribution in [2.24, 2.45) is 0 Å². The monoisotopic (exact) mass is 189 g/mol. The van der Waals surface area contributed by atoms with E-state index >= 15 is 0 Å². The highest BCUT2D eigenvalue weighted by atomic mass is 19.4. The lowest BCUT2D eigenvalue weighted by atomic mass is 10.1. The summed E-state index contributed by atoms with van der Waals surface area (Å²) < 4.78 is 36.6. The summed E-state index contributed by atoms with van der Waals surface area (Å²) in [5, 5.41) is 0. The number of pyridine rings is 1. The van der Waals surface area contributed by atoms with Gasteiger partial charge in [0.15, 0.2) is 0 Å². The molecule has 1 aromatic rings. The smallest absolute Gasteiger partial charge is 0.260 e. The van der Waals surface area contributed by atoms with E-state index in [9.17, 15) is 13.2 Å². The second-order valence-electron chi connectivity index (χ2n) is 3.02. The van der Waals surface area contributed by atoms with E-state index in [2.05, 4.69) is 4.98 Å². The van der Waals surface area contributed by atoms with Crippen molar-refractivity contribution < 1.29 is 13.2 Å². The number of hydrogen-bond donors (Lipinski definition) is 0. The number of aromatic nitrogens is 1. The first-order chi connectivity index (χ1) is 5.91. The van der Waals surface area contributed by atoms with E-state index in [1.807, 2.05) is 0 Å². The Hall–Kier alpha value is -1.06. The standard InChI is InChI=1S/C9H10F3N/c1-6-3-4-8(13-5-6)7(2)9(10,11)12/h3-5,7H,1-2H3. The molecule has 0 spiro atoms. The van der Waals surface area contributed by atoms with E-state index in [1.54, 1.807) is 13.0 Å². The number of rotatable bonds is 1. The maximum atomic E-state index is 12.2.